The number of carbonyl (C=O) groups is 2. The number of rotatable bonds is 5. The molecule has 31 heavy (non-hydrogen) atoms. The number of amides is 3. The van der Waals surface area contributed by atoms with Gasteiger partial charge in [0, 0.05) is 41.6 Å². The quantitative estimate of drug-likeness (QED) is 0.558. The van der Waals surface area contributed by atoms with E-state index in [0.717, 1.165) is 24.2 Å². The SMILES string of the molecule is Cc1ccccc1CN1CCCN(c2ccc(C(=O)Nc3ccc(Cl)cc3)cc2)C1=O. The largest absolute Gasteiger partial charge is 0.324 e. The van der Waals surface area contributed by atoms with Crippen molar-refractivity contribution < 1.29 is 9.59 Å². The number of anilines is 2. The molecule has 4 rings (SSSR count). The van der Waals surface area contributed by atoms with Crippen molar-refractivity contribution >= 4 is 34.9 Å². The normalized spacial score (nSPS) is 13.9. The van der Waals surface area contributed by atoms with Crippen molar-refractivity contribution in [2.24, 2.45) is 0 Å². The maximum absolute atomic E-state index is 13.1. The van der Waals surface area contributed by atoms with Crippen molar-refractivity contribution in [3.05, 3.63) is 94.5 Å². The maximum atomic E-state index is 13.1. The van der Waals surface area contributed by atoms with Crippen molar-refractivity contribution in [2.75, 3.05) is 23.3 Å². The van der Waals surface area contributed by atoms with Gasteiger partial charge >= 0.3 is 6.03 Å². The van der Waals surface area contributed by atoms with Gasteiger partial charge in [0.25, 0.3) is 5.91 Å². The molecule has 0 bridgehead atoms. The van der Waals surface area contributed by atoms with Gasteiger partial charge in [-0.1, -0.05) is 35.9 Å². The minimum atomic E-state index is -0.208. The zero-order chi connectivity index (χ0) is 21.8. The standard InChI is InChI=1S/C25H24ClN3O2/c1-18-5-2-3-6-20(18)17-28-15-4-16-29(25(28)31)23-13-7-19(8-14-23)24(30)27-22-11-9-21(26)10-12-22/h2-3,5-14H,4,15-17H2,1H3,(H,27,30). The molecular formula is C25H24ClN3O2. The molecule has 5 nitrogen and oxygen atoms in total. The van der Waals surface area contributed by atoms with Crippen LogP contribution in [0.15, 0.2) is 72.8 Å². The molecule has 6 heteroatoms. The number of benzene rings is 3. The topological polar surface area (TPSA) is 52.6 Å². The number of carbonyl (C=O) groups excluding carboxylic acids is 2. The van der Waals surface area contributed by atoms with E-state index >= 15 is 0 Å². The third-order valence-electron chi connectivity index (χ3n) is 5.48. The van der Waals surface area contributed by atoms with Gasteiger partial charge in [-0.2, -0.15) is 0 Å². The predicted octanol–water partition coefficient (Wildman–Crippen LogP) is 5.73. The highest BCUT2D eigenvalue weighted by atomic mass is 35.5. The smallest absolute Gasteiger partial charge is 0.322 e. The summed E-state index contributed by atoms with van der Waals surface area (Å²) in [6.07, 6.45) is 0.899. The minimum absolute atomic E-state index is 0.00660. The summed E-state index contributed by atoms with van der Waals surface area (Å²) in [5.41, 5.74) is 4.34. The van der Waals surface area contributed by atoms with Crippen molar-refractivity contribution in [1.82, 2.24) is 4.90 Å². The third-order valence-corrected chi connectivity index (χ3v) is 5.73. The zero-order valence-electron chi connectivity index (χ0n) is 17.3. The number of hydrogen-bond donors (Lipinski definition) is 1. The van der Waals surface area contributed by atoms with Crippen molar-refractivity contribution in [1.29, 1.82) is 0 Å². The van der Waals surface area contributed by atoms with Crippen LogP contribution in [-0.2, 0) is 6.54 Å². The van der Waals surface area contributed by atoms with Crippen LogP contribution in [0.5, 0.6) is 0 Å². The van der Waals surface area contributed by atoms with Crippen molar-refractivity contribution in [2.45, 2.75) is 19.9 Å². The van der Waals surface area contributed by atoms with Gasteiger partial charge < -0.3 is 10.2 Å². The van der Waals surface area contributed by atoms with Gasteiger partial charge in [-0.25, -0.2) is 4.79 Å². The van der Waals surface area contributed by atoms with Gasteiger partial charge in [-0.05, 0) is 73.0 Å². The fourth-order valence-corrected chi connectivity index (χ4v) is 3.82. The molecule has 3 aromatic rings. The Morgan fingerprint density at radius 2 is 1.68 bits per heavy atom. The van der Waals surface area contributed by atoms with Gasteiger partial charge in [0.2, 0.25) is 0 Å². The monoisotopic (exact) mass is 433 g/mol. The van der Waals surface area contributed by atoms with Crippen LogP contribution in [0.25, 0.3) is 0 Å². The molecule has 1 fully saturated rings. The second kappa shape index (κ2) is 9.23. The van der Waals surface area contributed by atoms with Gasteiger partial charge in [-0.15, -0.1) is 0 Å². The van der Waals surface area contributed by atoms with Crippen LogP contribution in [-0.4, -0.2) is 29.9 Å². The Hall–Kier alpha value is -3.31. The minimum Gasteiger partial charge on any atom is -0.322 e. The van der Waals surface area contributed by atoms with Crippen LogP contribution in [0.1, 0.15) is 27.9 Å². The van der Waals surface area contributed by atoms with E-state index in [1.54, 1.807) is 41.3 Å². The second-order valence-electron chi connectivity index (χ2n) is 7.64. The van der Waals surface area contributed by atoms with Gasteiger partial charge in [0.15, 0.2) is 0 Å². The third kappa shape index (κ3) is 4.89. The summed E-state index contributed by atoms with van der Waals surface area (Å²) in [7, 11) is 0. The molecule has 0 radical (unpaired) electrons. The summed E-state index contributed by atoms with van der Waals surface area (Å²) in [5, 5.41) is 3.46. The number of nitrogens with one attached hydrogen (secondary N) is 1. The summed E-state index contributed by atoms with van der Waals surface area (Å²) in [4.78, 5) is 29.3. The van der Waals surface area contributed by atoms with E-state index in [9.17, 15) is 9.59 Å². The van der Waals surface area contributed by atoms with Crippen LogP contribution in [0.2, 0.25) is 5.02 Å². The molecule has 0 unspecified atom stereocenters. The first-order chi connectivity index (χ1) is 15.0. The van der Waals surface area contributed by atoms with Crippen LogP contribution < -0.4 is 10.2 Å². The number of nitrogens with zero attached hydrogens (tertiary/aromatic N) is 2. The first-order valence-electron chi connectivity index (χ1n) is 10.3. The molecule has 1 saturated heterocycles. The van der Waals surface area contributed by atoms with E-state index in [1.807, 2.05) is 29.2 Å². The molecule has 0 saturated carbocycles. The molecule has 158 valence electrons. The van der Waals surface area contributed by atoms with E-state index in [0.29, 0.717) is 29.4 Å². The molecule has 0 aliphatic carbocycles. The Morgan fingerprint density at radius 1 is 0.968 bits per heavy atom. The fraction of sp³-hybridized carbons (Fsp3) is 0.200. The van der Waals surface area contributed by atoms with Crippen molar-refractivity contribution in [3.63, 3.8) is 0 Å². The first-order valence-corrected chi connectivity index (χ1v) is 10.7. The van der Waals surface area contributed by atoms with Gasteiger partial charge in [0.05, 0.1) is 0 Å². The van der Waals surface area contributed by atoms with Gasteiger partial charge in [0.1, 0.15) is 0 Å². The highest BCUT2D eigenvalue weighted by Crippen LogP contribution is 2.23. The van der Waals surface area contributed by atoms with E-state index < -0.39 is 0 Å². The molecule has 1 aliphatic heterocycles. The van der Waals surface area contributed by atoms with Gasteiger partial charge in [-0.3, -0.25) is 9.69 Å². The number of hydrogen-bond acceptors (Lipinski definition) is 2. The molecule has 0 atom stereocenters. The fourth-order valence-electron chi connectivity index (χ4n) is 3.69. The zero-order valence-corrected chi connectivity index (χ0v) is 18.1. The summed E-state index contributed by atoms with van der Waals surface area (Å²) in [5.74, 6) is -0.208. The van der Waals surface area contributed by atoms with E-state index in [-0.39, 0.29) is 11.9 Å². The number of aryl methyl sites for hydroxylation is 1. The lowest BCUT2D eigenvalue weighted by Gasteiger charge is -2.36. The lowest BCUT2D eigenvalue weighted by atomic mass is 10.1. The molecular weight excluding hydrogens is 410 g/mol. The first kappa shape index (κ1) is 20.9. The second-order valence-corrected chi connectivity index (χ2v) is 8.08. The molecule has 1 aliphatic rings. The summed E-state index contributed by atoms with van der Waals surface area (Å²) in [6.45, 7) is 4.07. The Bertz CT molecular complexity index is 1080. The number of halogens is 1. The summed E-state index contributed by atoms with van der Waals surface area (Å²) in [6, 6.07) is 22.2. The van der Waals surface area contributed by atoms with E-state index in [1.165, 1.54) is 5.56 Å². The van der Waals surface area contributed by atoms with Crippen molar-refractivity contribution in [3.8, 4) is 0 Å². The van der Waals surface area contributed by atoms with E-state index in [2.05, 4.69) is 24.4 Å². The van der Waals surface area contributed by atoms with Crippen LogP contribution in [0.4, 0.5) is 16.2 Å². The molecule has 1 heterocycles. The Balaban J connectivity index is 1.44. The average Bonchev–Trinajstić information content (AvgIpc) is 2.78. The summed E-state index contributed by atoms with van der Waals surface area (Å²) < 4.78 is 0. The lowest BCUT2D eigenvalue weighted by molar-refractivity contribution is 0.102. The average molecular weight is 434 g/mol. The molecule has 1 N–H and O–H groups in total. The lowest BCUT2D eigenvalue weighted by Crippen LogP contribution is -2.49. The Morgan fingerprint density at radius 3 is 2.39 bits per heavy atom. The highest BCUT2D eigenvalue weighted by molar-refractivity contribution is 6.30. The summed E-state index contributed by atoms with van der Waals surface area (Å²) >= 11 is 5.88. The molecule has 3 amide bonds. The Labute approximate surface area is 187 Å². The highest BCUT2D eigenvalue weighted by Gasteiger charge is 2.27. The maximum Gasteiger partial charge on any atom is 0.324 e. The van der Waals surface area contributed by atoms with E-state index in [4.69, 9.17) is 11.6 Å². The molecule has 0 spiro atoms. The van der Waals surface area contributed by atoms with Crippen LogP contribution in [0, 0.1) is 6.92 Å². The molecule has 0 aromatic heterocycles. The number of urea groups is 1. The van der Waals surface area contributed by atoms with Crippen LogP contribution in [0.3, 0.4) is 0 Å². The Kier molecular flexibility index (Phi) is 6.23. The van der Waals surface area contributed by atoms with Crippen LogP contribution >= 0.6 is 11.6 Å². The molecule has 3 aromatic carbocycles. The predicted molar refractivity (Wildman–Crippen MR) is 125 cm³/mol.